The van der Waals surface area contributed by atoms with Crippen molar-refractivity contribution >= 4 is 18.6 Å². The molecule has 2 rings (SSSR count). The lowest BCUT2D eigenvalue weighted by atomic mass is 10.2. The lowest BCUT2D eigenvalue weighted by Crippen LogP contribution is -2.36. The van der Waals surface area contributed by atoms with Gasteiger partial charge in [-0.3, -0.25) is 18.7 Å². The van der Waals surface area contributed by atoms with Gasteiger partial charge in [-0.25, -0.2) is 0 Å². The molecule has 0 fully saturated rings. The first-order valence-electron chi connectivity index (χ1n) is 8.02. The van der Waals surface area contributed by atoms with Gasteiger partial charge in [-0.2, -0.15) is 13.2 Å². The molecule has 0 saturated carbocycles. The van der Waals surface area contributed by atoms with Gasteiger partial charge in [-0.15, -0.1) is 0 Å². The SMILES string of the molecule is CCOP(=O)(C=CCn1c(=O)c(=O)[nH]c2cc(C(F)(F)F)ccc21)OCC. The minimum Gasteiger partial charge on any atom is -0.316 e. The van der Waals surface area contributed by atoms with Crippen molar-refractivity contribution in [3.63, 3.8) is 0 Å². The van der Waals surface area contributed by atoms with Gasteiger partial charge < -0.3 is 14.0 Å². The second-order valence-corrected chi connectivity index (χ2v) is 7.25. The van der Waals surface area contributed by atoms with E-state index in [0.29, 0.717) is 0 Å². The lowest BCUT2D eigenvalue weighted by molar-refractivity contribution is -0.137. The molecule has 0 unspecified atom stereocenters. The van der Waals surface area contributed by atoms with Crippen molar-refractivity contribution in [1.82, 2.24) is 9.55 Å². The van der Waals surface area contributed by atoms with Crippen molar-refractivity contribution in [3.05, 3.63) is 56.4 Å². The molecule has 1 N–H and O–H groups in total. The van der Waals surface area contributed by atoms with Crippen LogP contribution in [0.2, 0.25) is 0 Å². The number of halogens is 3. The van der Waals surface area contributed by atoms with Crippen molar-refractivity contribution in [3.8, 4) is 0 Å². The topological polar surface area (TPSA) is 90.4 Å². The average Bonchev–Trinajstić information content (AvgIpc) is 2.57. The van der Waals surface area contributed by atoms with Gasteiger partial charge in [0.1, 0.15) is 0 Å². The number of rotatable bonds is 7. The fourth-order valence-corrected chi connectivity index (χ4v) is 3.72. The van der Waals surface area contributed by atoms with Gasteiger partial charge in [-0.1, -0.05) is 6.08 Å². The van der Waals surface area contributed by atoms with Gasteiger partial charge in [-0.05, 0) is 32.0 Å². The first-order valence-corrected chi connectivity index (χ1v) is 9.63. The summed E-state index contributed by atoms with van der Waals surface area (Å²) < 4.78 is 62.0. The molecule has 148 valence electrons. The molecule has 0 radical (unpaired) electrons. The van der Waals surface area contributed by atoms with Gasteiger partial charge in [0.15, 0.2) is 0 Å². The Kier molecular flexibility index (Phi) is 6.46. The molecule has 0 bridgehead atoms. The van der Waals surface area contributed by atoms with Gasteiger partial charge in [0, 0.05) is 12.4 Å². The minimum atomic E-state index is -4.59. The van der Waals surface area contributed by atoms with Crippen molar-refractivity contribution in [1.29, 1.82) is 0 Å². The van der Waals surface area contributed by atoms with Crippen LogP contribution in [0.5, 0.6) is 0 Å². The van der Waals surface area contributed by atoms with Gasteiger partial charge in [0.25, 0.3) is 0 Å². The normalized spacial score (nSPS) is 12.9. The summed E-state index contributed by atoms with van der Waals surface area (Å²) in [4.78, 5) is 26.0. The Morgan fingerprint density at radius 1 is 1.19 bits per heavy atom. The number of hydrogen-bond donors (Lipinski definition) is 1. The summed E-state index contributed by atoms with van der Waals surface area (Å²) in [7, 11) is -3.50. The highest BCUT2D eigenvalue weighted by molar-refractivity contribution is 7.57. The highest BCUT2D eigenvalue weighted by Gasteiger charge is 2.30. The molecule has 7 nitrogen and oxygen atoms in total. The number of H-pyrrole nitrogens is 1. The Labute approximate surface area is 152 Å². The molecule has 1 aromatic carbocycles. The van der Waals surface area contributed by atoms with Crippen LogP contribution < -0.4 is 11.1 Å². The first kappa shape index (κ1) is 21.1. The van der Waals surface area contributed by atoms with E-state index in [-0.39, 0.29) is 30.8 Å². The maximum absolute atomic E-state index is 12.8. The number of nitrogens with zero attached hydrogens (tertiary/aromatic N) is 1. The number of fused-ring (bicyclic) bond motifs is 1. The zero-order chi connectivity index (χ0) is 20.2. The van der Waals surface area contributed by atoms with Crippen LogP contribution in [0.25, 0.3) is 11.0 Å². The maximum Gasteiger partial charge on any atom is 0.416 e. The van der Waals surface area contributed by atoms with Crippen LogP contribution in [0, 0.1) is 0 Å². The van der Waals surface area contributed by atoms with Crippen LogP contribution in [0.1, 0.15) is 19.4 Å². The van der Waals surface area contributed by atoms with Crippen LogP contribution >= 0.6 is 7.60 Å². The van der Waals surface area contributed by atoms with Crippen molar-refractivity contribution < 1.29 is 26.8 Å². The van der Waals surface area contributed by atoms with Crippen LogP contribution in [0.4, 0.5) is 13.2 Å². The molecule has 0 atom stereocenters. The Morgan fingerprint density at radius 2 is 1.81 bits per heavy atom. The summed E-state index contributed by atoms with van der Waals surface area (Å²) in [5.74, 6) is 1.16. The summed E-state index contributed by atoms with van der Waals surface area (Å²) in [6.45, 7) is 3.33. The molecule has 27 heavy (non-hydrogen) atoms. The fraction of sp³-hybridized carbons (Fsp3) is 0.375. The van der Waals surface area contributed by atoms with Crippen LogP contribution in [-0.2, 0) is 26.3 Å². The number of alkyl halides is 3. The predicted octanol–water partition coefficient (Wildman–Crippen LogP) is 3.49. The largest absolute Gasteiger partial charge is 0.416 e. The van der Waals surface area contributed by atoms with E-state index < -0.39 is 30.5 Å². The third-order valence-electron chi connectivity index (χ3n) is 3.50. The number of hydrogen-bond acceptors (Lipinski definition) is 5. The van der Waals surface area contributed by atoms with Crippen LogP contribution in [0.15, 0.2) is 39.7 Å². The summed E-state index contributed by atoms with van der Waals surface area (Å²) >= 11 is 0. The zero-order valence-corrected chi connectivity index (χ0v) is 15.5. The van der Waals surface area contributed by atoms with E-state index in [1.807, 2.05) is 0 Å². The second-order valence-electron chi connectivity index (χ2n) is 5.36. The van der Waals surface area contributed by atoms with Gasteiger partial charge >= 0.3 is 24.9 Å². The minimum absolute atomic E-state index is 0.0971. The van der Waals surface area contributed by atoms with E-state index in [1.165, 1.54) is 6.08 Å². The number of allylic oxidation sites excluding steroid dienone is 1. The fourth-order valence-electron chi connectivity index (χ4n) is 2.40. The van der Waals surface area contributed by atoms with E-state index in [2.05, 4.69) is 4.98 Å². The zero-order valence-electron chi connectivity index (χ0n) is 14.6. The second kappa shape index (κ2) is 8.24. The van der Waals surface area contributed by atoms with E-state index in [0.717, 1.165) is 28.6 Å². The Hall–Kier alpha value is -2.16. The average molecular weight is 406 g/mol. The van der Waals surface area contributed by atoms with Crippen molar-refractivity contribution in [2.75, 3.05) is 13.2 Å². The van der Waals surface area contributed by atoms with E-state index in [1.54, 1.807) is 13.8 Å². The summed E-state index contributed by atoms with van der Waals surface area (Å²) in [5.41, 5.74) is -3.01. The molecule has 1 heterocycles. The molecular formula is C16H18F3N2O5P. The summed E-state index contributed by atoms with van der Waals surface area (Å²) in [6.07, 6.45) is -3.28. The quantitative estimate of drug-likeness (QED) is 0.562. The molecule has 11 heteroatoms. The third kappa shape index (κ3) is 4.97. The number of aromatic amines is 1. The van der Waals surface area contributed by atoms with Gasteiger partial charge in [0.05, 0.1) is 29.8 Å². The van der Waals surface area contributed by atoms with E-state index in [4.69, 9.17) is 9.05 Å². The maximum atomic E-state index is 12.8. The Morgan fingerprint density at radius 3 is 2.37 bits per heavy atom. The highest BCUT2D eigenvalue weighted by atomic mass is 31.2. The Bertz CT molecular complexity index is 1000. The standard InChI is InChI=1S/C16H18F3N2O5P/c1-3-25-27(24,26-4-2)9-5-8-21-13-7-6-11(16(17,18)19)10-12(13)20-14(22)15(21)23/h5-7,9-10H,3-4,8H2,1-2H3,(H,20,22). The molecule has 0 saturated heterocycles. The summed E-state index contributed by atoms with van der Waals surface area (Å²) in [5, 5.41) is 0. The van der Waals surface area contributed by atoms with E-state index >= 15 is 0 Å². The Balaban J connectivity index is 2.47. The molecule has 0 aliphatic carbocycles. The molecule has 2 aromatic rings. The molecule has 0 aliphatic rings. The van der Waals surface area contributed by atoms with Gasteiger partial charge in [0.2, 0.25) is 0 Å². The first-order chi connectivity index (χ1) is 12.6. The molecule has 0 spiro atoms. The van der Waals surface area contributed by atoms with Crippen LogP contribution in [-0.4, -0.2) is 22.8 Å². The van der Waals surface area contributed by atoms with Crippen molar-refractivity contribution in [2.24, 2.45) is 0 Å². The molecule has 0 aliphatic heterocycles. The summed E-state index contributed by atoms with van der Waals surface area (Å²) in [6, 6.07) is 2.65. The lowest BCUT2D eigenvalue weighted by Gasteiger charge is -2.13. The molecular weight excluding hydrogens is 388 g/mol. The monoisotopic (exact) mass is 406 g/mol. The highest BCUT2D eigenvalue weighted by Crippen LogP contribution is 2.49. The molecule has 0 amide bonds. The van der Waals surface area contributed by atoms with Crippen molar-refractivity contribution in [2.45, 2.75) is 26.6 Å². The third-order valence-corrected chi connectivity index (χ3v) is 5.31. The molecule has 1 aromatic heterocycles. The predicted molar refractivity (Wildman–Crippen MR) is 93.8 cm³/mol. The number of benzene rings is 1. The number of nitrogens with one attached hydrogen (secondary N) is 1. The number of aromatic nitrogens is 2. The smallest absolute Gasteiger partial charge is 0.316 e. The van der Waals surface area contributed by atoms with Crippen LogP contribution in [0.3, 0.4) is 0 Å². The van der Waals surface area contributed by atoms with E-state index in [9.17, 15) is 27.3 Å².